The van der Waals surface area contributed by atoms with Crippen LogP contribution in [-0.2, 0) is 14.6 Å². The number of aliphatic hydroxyl groups excluding tert-OH is 1. The van der Waals surface area contributed by atoms with Gasteiger partial charge in [-0.05, 0) is 6.42 Å². The van der Waals surface area contributed by atoms with Crippen LogP contribution in [0.1, 0.15) is 16.2 Å². The Morgan fingerprint density at radius 3 is 1.91 bits per heavy atom. The summed E-state index contributed by atoms with van der Waals surface area (Å²) in [4.78, 5) is 0. The first-order valence-corrected chi connectivity index (χ1v) is 3.99. The van der Waals surface area contributed by atoms with E-state index in [0.29, 0.717) is 6.42 Å². The molecular weight excluding hydrogens is 200 g/mol. The fraction of sp³-hybridized carbons (Fsp3) is 1.00. The minimum atomic E-state index is -4.19. The van der Waals surface area contributed by atoms with Crippen molar-refractivity contribution >= 4 is 48.1 Å². The monoisotopic (exact) mass is 214 g/mol. The van der Waals surface area contributed by atoms with Gasteiger partial charge < -0.3 is 7.96 Å². The molecule has 0 aliphatic heterocycles. The third-order valence-electron chi connectivity index (χ3n) is 0.436. The molecule has 0 heterocycles. The molecule has 2 N–H and O–H groups in total. The normalized spacial score (nSPS) is 9.09. The Hall–Kier alpha value is 1.09. The van der Waals surface area contributed by atoms with E-state index in [0.717, 1.165) is 7.11 Å². The molecule has 0 radical (unpaired) electrons. The Morgan fingerprint density at radius 1 is 1.45 bits per heavy atom. The Labute approximate surface area is 99.7 Å². The minimum Gasteiger partial charge on any atom is -1.00 e. The average Bonchev–Trinajstić information content (AvgIpc) is 1.87. The van der Waals surface area contributed by atoms with Gasteiger partial charge in [-0.3, -0.25) is 4.55 Å². The zero-order valence-electron chi connectivity index (χ0n) is 8.65. The van der Waals surface area contributed by atoms with Crippen molar-refractivity contribution < 1.29 is 25.1 Å². The molecule has 0 saturated heterocycles. The molecule has 5 nitrogen and oxygen atoms in total. The van der Waals surface area contributed by atoms with Gasteiger partial charge in [0.25, 0.3) is 0 Å². The van der Waals surface area contributed by atoms with Crippen LogP contribution in [0.2, 0.25) is 0 Å². The van der Waals surface area contributed by atoms with Crippen molar-refractivity contribution in [1.29, 1.82) is 0 Å². The molecule has 68 valence electrons. The molecule has 0 bridgehead atoms. The second-order valence-corrected chi connectivity index (χ2v) is 2.34. The van der Waals surface area contributed by atoms with Gasteiger partial charge in [-0.1, -0.05) is 6.92 Å². The van der Waals surface area contributed by atoms with E-state index < -0.39 is 10.4 Å². The average molecular weight is 214 g/mol. The van der Waals surface area contributed by atoms with Crippen LogP contribution in [0.4, 0.5) is 0 Å². The molecule has 7 heteroatoms. The maximum Gasteiger partial charge on any atom is 2.00 e. The van der Waals surface area contributed by atoms with Crippen LogP contribution in [0, 0.1) is 0 Å². The molecule has 0 fully saturated rings. The van der Waals surface area contributed by atoms with Gasteiger partial charge in [0.2, 0.25) is 0 Å². The van der Waals surface area contributed by atoms with Crippen molar-refractivity contribution in [2.75, 3.05) is 13.7 Å². The molecule has 0 atom stereocenters. The summed E-state index contributed by atoms with van der Waals surface area (Å²) >= 11 is 0. The van der Waals surface area contributed by atoms with Crippen LogP contribution in [-0.4, -0.2) is 69.5 Å². The van der Waals surface area contributed by atoms with E-state index in [4.69, 9.17) is 9.66 Å². The number of rotatable bonds is 3. The fourth-order valence-electron chi connectivity index (χ4n) is 0.189. The fourth-order valence-corrected chi connectivity index (χ4v) is 0.566. The summed E-state index contributed by atoms with van der Waals surface area (Å²) < 4.78 is 31.3. The molecule has 0 unspecified atom stereocenters. The first-order valence-electron chi connectivity index (χ1n) is 2.63. The smallest absolute Gasteiger partial charge is 1.00 e. The van der Waals surface area contributed by atoms with Crippen LogP contribution in [0.25, 0.3) is 0 Å². The Morgan fingerprint density at radius 2 is 1.82 bits per heavy atom. The number of hydrogen-bond donors (Lipinski definition) is 2. The molecule has 0 saturated carbocycles. The molecular formula is C4H14CaO5S. The summed E-state index contributed by atoms with van der Waals surface area (Å²) in [5.41, 5.74) is 0. The third kappa shape index (κ3) is 24.7. The van der Waals surface area contributed by atoms with E-state index in [1.54, 1.807) is 6.92 Å². The summed E-state index contributed by atoms with van der Waals surface area (Å²) in [6.07, 6.45) is 0.569. The van der Waals surface area contributed by atoms with Crippen LogP contribution < -0.4 is 0 Å². The number of aliphatic hydroxyl groups is 1. The summed E-state index contributed by atoms with van der Waals surface area (Å²) in [6.45, 7) is 1.78. The van der Waals surface area contributed by atoms with Gasteiger partial charge in [-0.2, -0.15) is 8.42 Å². The zero-order valence-corrected chi connectivity index (χ0v) is 9.67. The van der Waals surface area contributed by atoms with Crippen LogP contribution >= 0.6 is 0 Å². The Balaban J connectivity index is -0.0000000398. The quantitative estimate of drug-likeness (QED) is 0.496. The van der Waals surface area contributed by atoms with Crippen molar-refractivity contribution in [3.8, 4) is 0 Å². The molecule has 0 spiro atoms. The van der Waals surface area contributed by atoms with Crippen LogP contribution in [0.15, 0.2) is 0 Å². The molecule has 0 amide bonds. The SMILES string of the molecule is CCCOS(=O)(=O)O.CO.[Ca+2].[H-].[H-]. The zero-order chi connectivity index (χ0) is 8.62. The van der Waals surface area contributed by atoms with E-state index in [-0.39, 0.29) is 47.2 Å². The Kier molecular flexibility index (Phi) is 18.1. The maximum absolute atomic E-state index is 9.72. The van der Waals surface area contributed by atoms with Crippen LogP contribution in [0.5, 0.6) is 0 Å². The van der Waals surface area contributed by atoms with Crippen molar-refractivity contribution in [2.45, 2.75) is 13.3 Å². The number of hydrogen-bond acceptors (Lipinski definition) is 4. The second-order valence-electron chi connectivity index (χ2n) is 1.25. The summed E-state index contributed by atoms with van der Waals surface area (Å²) in [5.74, 6) is 0. The van der Waals surface area contributed by atoms with Crippen molar-refractivity contribution in [1.82, 2.24) is 0 Å². The van der Waals surface area contributed by atoms with Gasteiger partial charge >= 0.3 is 48.1 Å². The van der Waals surface area contributed by atoms with E-state index >= 15 is 0 Å². The molecule has 0 aliphatic rings. The summed E-state index contributed by atoms with van der Waals surface area (Å²) in [7, 11) is -3.19. The molecule has 11 heavy (non-hydrogen) atoms. The van der Waals surface area contributed by atoms with Gasteiger partial charge in [0.15, 0.2) is 0 Å². The second kappa shape index (κ2) is 11.1. The van der Waals surface area contributed by atoms with Crippen molar-refractivity contribution in [3.63, 3.8) is 0 Å². The van der Waals surface area contributed by atoms with E-state index in [1.807, 2.05) is 0 Å². The van der Waals surface area contributed by atoms with Gasteiger partial charge in [0.1, 0.15) is 0 Å². The standard InChI is InChI=1S/C3H8O4S.CH4O.Ca.2H/c1-2-3-7-8(4,5)6;1-2;;;/h2-3H2,1H3,(H,4,5,6);2H,1H3;;;/q;;+2;2*-1. The first-order chi connectivity index (χ1) is 4.56. The largest absolute Gasteiger partial charge is 2.00 e. The van der Waals surface area contributed by atoms with E-state index in [9.17, 15) is 8.42 Å². The van der Waals surface area contributed by atoms with Gasteiger partial charge in [0, 0.05) is 7.11 Å². The molecule has 0 aromatic rings. The van der Waals surface area contributed by atoms with E-state index in [2.05, 4.69) is 4.18 Å². The molecule has 0 rings (SSSR count). The van der Waals surface area contributed by atoms with Gasteiger partial charge in [0.05, 0.1) is 6.61 Å². The van der Waals surface area contributed by atoms with Crippen molar-refractivity contribution in [2.24, 2.45) is 0 Å². The minimum absolute atomic E-state index is 0. The maximum atomic E-state index is 9.72. The predicted molar refractivity (Wildman–Crippen MR) is 43.9 cm³/mol. The Bertz CT molecular complexity index is 151. The van der Waals surface area contributed by atoms with Crippen molar-refractivity contribution in [3.05, 3.63) is 0 Å². The third-order valence-corrected chi connectivity index (χ3v) is 0.901. The molecule has 0 aromatic carbocycles. The van der Waals surface area contributed by atoms with Gasteiger partial charge in [-0.25, -0.2) is 4.18 Å². The van der Waals surface area contributed by atoms with Crippen LogP contribution in [0.3, 0.4) is 0 Å². The molecule has 0 aromatic heterocycles. The van der Waals surface area contributed by atoms with E-state index in [1.165, 1.54) is 0 Å². The molecule has 0 aliphatic carbocycles. The van der Waals surface area contributed by atoms with Gasteiger partial charge in [-0.15, -0.1) is 0 Å². The summed E-state index contributed by atoms with van der Waals surface area (Å²) in [6, 6.07) is 0. The first kappa shape index (κ1) is 18.0. The topological polar surface area (TPSA) is 83.8 Å². The predicted octanol–water partition coefficient (Wildman–Crippen LogP) is -0.331. The summed E-state index contributed by atoms with van der Waals surface area (Å²) in [5, 5.41) is 7.00.